The van der Waals surface area contributed by atoms with E-state index in [1.54, 1.807) is 13.8 Å². The summed E-state index contributed by atoms with van der Waals surface area (Å²) < 4.78 is 70.4. The number of fused-ring (bicyclic) bond motifs is 1. The van der Waals surface area contributed by atoms with Crippen molar-refractivity contribution in [1.29, 1.82) is 0 Å². The van der Waals surface area contributed by atoms with Gasteiger partial charge in [0.05, 0.1) is 36.6 Å². The molecular weight excluding hydrogens is 1330 g/mol. The van der Waals surface area contributed by atoms with Crippen molar-refractivity contribution in [1.82, 2.24) is 60.0 Å². The number of halogens is 6. The van der Waals surface area contributed by atoms with E-state index in [1.807, 2.05) is 13.8 Å². The second-order valence-electron chi connectivity index (χ2n) is 28.8. The first-order valence-electron chi connectivity index (χ1n) is 35.5. The van der Waals surface area contributed by atoms with Crippen LogP contribution in [-0.4, -0.2) is 258 Å². The van der Waals surface area contributed by atoms with E-state index in [9.17, 15) is 65.1 Å². The molecule has 5 fully saturated rings. The van der Waals surface area contributed by atoms with E-state index >= 15 is 14.4 Å². The molecule has 8 atom stereocenters. The van der Waals surface area contributed by atoms with Gasteiger partial charge < -0.3 is 60.0 Å². The lowest BCUT2D eigenvalue weighted by Gasteiger charge is -2.41. The van der Waals surface area contributed by atoms with Crippen molar-refractivity contribution in [2.45, 2.75) is 229 Å². The molecule has 6 rings (SSSR count). The molecule has 2 saturated carbocycles. The summed E-state index contributed by atoms with van der Waals surface area (Å²) in [5.41, 5.74) is -2.61. The number of nitrogens with zero attached hydrogens (tertiary/aromatic N) is 9. The zero-order valence-electron chi connectivity index (χ0n) is 60.1. The number of benzene rings is 1. The topological polar surface area (TPSA) is 270 Å². The van der Waals surface area contributed by atoms with Crippen molar-refractivity contribution in [3.8, 4) is 0 Å². The third kappa shape index (κ3) is 21.2. The normalized spacial score (nSPS) is 25.9. The van der Waals surface area contributed by atoms with Crippen LogP contribution >= 0.6 is 11.6 Å². The Labute approximate surface area is 589 Å². The maximum absolute atomic E-state index is 15.4. The van der Waals surface area contributed by atoms with Crippen molar-refractivity contribution >= 4 is 82.5 Å². The van der Waals surface area contributed by atoms with E-state index in [0.29, 0.717) is 32.1 Å². The molecule has 1 spiro atoms. The van der Waals surface area contributed by atoms with E-state index in [1.165, 1.54) is 70.1 Å². The average molecular weight is 1440 g/mol. The molecule has 30 heteroatoms. The Bertz CT molecular complexity index is 3090. The molecule has 3 saturated heterocycles. The minimum atomic E-state index is -4.79. The minimum Gasteiger partial charge on any atom is -0.343 e. The second kappa shape index (κ2) is 36.6. The predicted octanol–water partition coefficient (Wildman–Crippen LogP) is 5.89. The smallest absolute Gasteiger partial charge is 0.343 e. The van der Waals surface area contributed by atoms with E-state index < -0.39 is 187 Å². The van der Waals surface area contributed by atoms with Crippen LogP contribution in [0.2, 0.25) is 5.02 Å². The minimum absolute atomic E-state index is 0.00664. The van der Waals surface area contributed by atoms with Gasteiger partial charge in [-0.15, -0.1) is 0 Å². The van der Waals surface area contributed by atoms with Crippen LogP contribution in [0.25, 0.3) is 0 Å². The Morgan fingerprint density at radius 1 is 0.630 bits per heavy atom. The molecule has 0 aromatic heterocycles. The molecule has 560 valence electrons. The predicted molar refractivity (Wildman–Crippen MR) is 362 cm³/mol. The number of hydrogen-bond donors (Lipinski definition) is 3. The fraction of sp³-hybridized carbons (Fsp3) is 0.743. The lowest BCUT2D eigenvalue weighted by molar-refractivity contribution is -0.155. The highest BCUT2D eigenvalue weighted by Crippen LogP contribution is 2.37. The summed E-state index contributed by atoms with van der Waals surface area (Å²) in [6.07, 6.45) is -2.43. The maximum Gasteiger partial charge on any atom is 0.417 e. The Hall–Kier alpha value is -7.20. The summed E-state index contributed by atoms with van der Waals surface area (Å²) in [6, 6.07) is -6.71. The number of likely N-dealkylation sites (tertiary alicyclic amines) is 1. The maximum atomic E-state index is 15.4. The zero-order chi connectivity index (χ0) is 74.2. The molecule has 1 aromatic carbocycles. The Morgan fingerprint density at radius 3 is 1.84 bits per heavy atom. The largest absolute Gasteiger partial charge is 0.417 e. The number of aryl methyl sites for hydroxylation is 1. The summed E-state index contributed by atoms with van der Waals surface area (Å²) in [4.78, 5) is 188. The lowest BCUT2D eigenvalue weighted by atomic mass is 9.84. The number of carbonyl (C=O) groups excluding carboxylic acids is 12. The number of rotatable bonds is 13. The van der Waals surface area contributed by atoms with Crippen LogP contribution in [0.1, 0.15) is 174 Å². The molecule has 12 amide bonds. The van der Waals surface area contributed by atoms with Crippen LogP contribution in [0.4, 0.5) is 22.0 Å². The molecule has 24 nitrogen and oxygen atoms in total. The number of hydrogen-bond acceptors (Lipinski definition) is 12. The first kappa shape index (κ1) is 81.8. The van der Waals surface area contributed by atoms with Gasteiger partial charge in [0.15, 0.2) is 0 Å². The fourth-order valence-electron chi connectivity index (χ4n) is 14.5. The first-order valence-corrected chi connectivity index (χ1v) is 35.8. The van der Waals surface area contributed by atoms with Gasteiger partial charge in [-0.25, -0.2) is 8.78 Å². The third-order valence-corrected chi connectivity index (χ3v) is 21.3. The van der Waals surface area contributed by atoms with Crippen molar-refractivity contribution in [3.05, 3.63) is 34.3 Å². The van der Waals surface area contributed by atoms with E-state index in [0.717, 1.165) is 80.1 Å². The summed E-state index contributed by atoms with van der Waals surface area (Å²) in [6.45, 7) is 5.85. The van der Waals surface area contributed by atoms with Crippen LogP contribution in [0, 0.1) is 17.8 Å². The van der Waals surface area contributed by atoms with Gasteiger partial charge in [-0.05, 0) is 112 Å². The van der Waals surface area contributed by atoms with Crippen LogP contribution in [0.3, 0.4) is 0 Å². The Kier molecular flexibility index (Phi) is 29.9. The van der Waals surface area contributed by atoms with Gasteiger partial charge in [0.2, 0.25) is 77.3 Å². The van der Waals surface area contributed by atoms with Crippen LogP contribution in [-0.2, 0) is 70.1 Å². The number of alkyl halides is 5. The molecule has 1 aromatic rings. The molecule has 3 aliphatic heterocycles. The highest BCUT2D eigenvalue weighted by atomic mass is 35.5. The lowest BCUT2D eigenvalue weighted by Crippen LogP contribution is -2.64. The highest BCUT2D eigenvalue weighted by molar-refractivity contribution is 6.31. The molecule has 2 aliphatic carbocycles. The highest BCUT2D eigenvalue weighted by Gasteiger charge is 2.50. The van der Waals surface area contributed by atoms with Gasteiger partial charge in [-0.1, -0.05) is 96.7 Å². The first-order chi connectivity index (χ1) is 47.0. The molecule has 0 bridgehead atoms. The summed E-state index contributed by atoms with van der Waals surface area (Å²) in [7, 11) is 9.28. The Balaban J connectivity index is 1.43. The van der Waals surface area contributed by atoms with E-state index in [2.05, 4.69) is 16.0 Å². The molecule has 0 unspecified atom stereocenters. The molecule has 3 heterocycles. The third-order valence-electron chi connectivity index (χ3n) is 21.0. The molecule has 100 heavy (non-hydrogen) atoms. The van der Waals surface area contributed by atoms with Crippen molar-refractivity contribution < 1.29 is 79.5 Å². The second-order valence-corrected chi connectivity index (χ2v) is 29.2. The standard InChI is InChI=1S/C70H106ClF5N12O12/c1-12-44(4)60-67(99)82(7)41-58(91)80(5)42-59(92)84(9)53(38-45-22-15-13-16-23-45)64(96)81(6)40-56(89)77-49(28-26-46-25-27-47(48(71)37-46)70(74,75)76)63(95)88-35-21-24-50(88)62(94)79-69(31-17-18-32-69)68(100)86(11)51(29-30-55(72)73)65(97)85(10)54(66(98)87-33-19-14-20-34-87)39-57(90)83(8)52(36-43(2)3)61(93)78-60/h25,27,37,43-45,49-55,60H,12-24,26,28-36,38-42H2,1-11H3,(H,77,89)(H,78,93)(H,79,94)/t44-,49-,50-,51-,52-,53-,54-,60-/m0/s1. The summed E-state index contributed by atoms with van der Waals surface area (Å²) in [5, 5.41) is 7.84. The number of amides is 12. The number of nitrogens with one attached hydrogen (secondary N) is 3. The van der Waals surface area contributed by atoms with Gasteiger partial charge in [-0.2, -0.15) is 13.2 Å². The molecule has 3 N–H and O–H groups in total. The van der Waals surface area contributed by atoms with Gasteiger partial charge in [0.25, 0.3) is 0 Å². The van der Waals surface area contributed by atoms with E-state index in [4.69, 9.17) is 11.6 Å². The quantitative estimate of drug-likeness (QED) is 0.195. The van der Waals surface area contributed by atoms with Gasteiger partial charge in [0, 0.05) is 75.4 Å². The van der Waals surface area contributed by atoms with Gasteiger partial charge >= 0.3 is 6.18 Å². The zero-order valence-corrected chi connectivity index (χ0v) is 60.8. The van der Waals surface area contributed by atoms with Crippen LogP contribution < -0.4 is 16.0 Å². The van der Waals surface area contributed by atoms with Gasteiger partial charge in [0.1, 0.15) is 47.8 Å². The van der Waals surface area contributed by atoms with Crippen LogP contribution in [0.5, 0.6) is 0 Å². The fourth-order valence-corrected chi connectivity index (χ4v) is 14.8. The van der Waals surface area contributed by atoms with E-state index in [-0.39, 0.29) is 88.4 Å². The van der Waals surface area contributed by atoms with Crippen molar-refractivity contribution in [2.24, 2.45) is 17.8 Å². The number of likely N-dealkylation sites (N-methyl/N-ethyl adjacent to an activating group) is 7. The number of piperidine rings is 1. The average Bonchev–Trinajstić information content (AvgIpc) is 1.48. The monoisotopic (exact) mass is 1440 g/mol. The summed E-state index contributed by atoms with van der Waals surface area (Å²) >= 11 is 6.12. The van der Waals surface area contributed by atoms with Crippen LogP contribution in [0.15, 0.2) is 18.2 Å². The van der Waals surface area contributed by atoms with Crippen molar-refractivity contribution in [2.75, 3.05) is 88.6 Å². The molecule has 0 radical (unpaired) electrons. The molecule has 5 aliphatic rings. The SMILES string of the molecule is CC[C@H](C)[C@@H]1NC(=O)[C@H](CC(C)C)N(C)C(=O)C[C@@H](C(=O)N2CCCCC2)N(C)C(=O)[C@H](CCC(F)F)N(C)C(=O)C2(CCCC2)NC(=O)[C@@H]2CCCN2C(=O)[C@H](CCc2ccc(C(F)(F)F)c(Cl)c2)NC(=O)CN(C)C(=O)[C@H](CC2CCCCC2)N(C)C(=O)CN(C)C(=O)CN(C)C1=O. The summed E-state index contributed by atoms with van der Waals surface area (Å²) in [5.74, 6) is -9.88. The molecular formula is C70H106ClF5N12O12. The van der Waals surface area contributed by atoms with Gasteiger partial charge in [-0.3, -0.25) is 57.5 Å². The number of carbonyl (C=O) groups is 12. The Morgan fingerprint density at radius 2 is 1.24 bits per heavy atom. The van der Waals surface area contributed by atoms with Crippen molar-refractivity contribution in [3.63, 3.8) is 0 Å².